The Morgan fingerprint density at radius 1 is 1.30 bits per heavy atom. The van der Waals surface area contributed by atoms with Crippen LogP contribution in [0.1, 0.15) is 37.3 Å². The highest BCUT2D eigenvalue weighted by atomic mass is 35.5. The molecular weight excluding hydrogens is 337 g/mol. The molecule has 2 fully saturated rings. The number of amides is 1. The molecule has 6 nitrogen and oxygen atoms in total. The molecule has 3 atom stereocenters. The Bertz CT molecular complexity index is 510. The van der Waals surface area contributed by atoms with E-state index in [4.69, 9.17) is 0 Å². The van der Waals surface area contributed by atoms with Crippen LogP contribution in [0.3, 0.4) is 0 Å². The number of nitrogens with one attached hydrogen (secondary N) is 2. The van der Waals surface area contributed by atoms with Crippen molar-refractivity contribution in [3.05, 3.63) is 18.0 Å². The van der Waals surface area contributed by atoms with E-state index in [1.54, 1.807) is 10.9 Å². The molecule has 2 saturated heterocycles. The van der Waals surface area contributed by atoms with Crippen molar-refractivity contribution in [2.24, 2.45) is 7.05 Å². The number of carbonyl (C=O) groups excluding carboxylic acids is 1. The van der Waals surface area contributed by atoms with Gasteiger partial charge < -0.3 is 10.6 Å². The van der Waals surface area contributed by atoms with E-state index >= 15 is 0 Å². The number of hydrogen-bond acceptors (Lipinski definition) is 4. The largest absolute Gasteiger partial charge is 0.350 e. The van der Waals surface area contributed by atoms with E-state index in [1.807, 2.05) is 20.3 Å². The van der Waals surface area contributed by atoms with E-state index in [0.717, 1.165) is 18.5 Å². The van der Waals surface area contributed by atoms with Crippen molar-refractivity contribution in [2.45, 2.75) is 43.8 Å². The van der Waals surface area contributed by atoms with Gasteiger partial charge in [0.15, 0.2) is 0 Å². The third-order valence-electron chi connectivity index (χ3n) is 4.79. The molecule has 0 bridgehead atoms. The number of nitrogens with zero attached hydrogens (tertiary/aromatic N) is 3. The highest BCUT2D eigenvalue weighted by molar-refractivity contribution is 5.85. The maximum absolute atomic E-state index is 12.6. The van der Waals surface area contributed by atoms with Gasteiger partial charge >= 0.3 is 0 Å². The number of fused-ring (bicyclic) bond motifs is 1. The molecule has 23 heavy (non-hydrogen) atoms. The molecule has 1 amide bonds. The van der Waals surface area contributed by atoms with Gasteiger partial charge in [0, 0.05) is 37.4 Å². The smallest absolute Gasteiger partial charge is 0.242 e. The first-order valence-electron chi connectivity index (χ1n) is 7.89. The fourth-order valence-corrected chi connectivity index (χ4v) is 3.72. The Kier molecular flexibility index (Phi) is 7.80. The van der Waals surface area contributed by atoms with Crippen molar-refractivity contribution >= 4 is 30.7 Å². The monoisotopic (exact) mass is 363 g/mol. The lowest BCUT2D eigenvalue weighted by molar-refractivity contribution is -0.124. The van der Waals surface area contributed by atoms with Crippen LogP contribution in [0.4, 0.5) is 0 Å². The number of aromatic nitrogens is 2. The van der Waals surface area contributed by atoms with Crippen LogP contribution in [0.15, 0.2) is 12.4 Å². The summed E-state index contributed by atoms with van der Waals surface area (Å²) in [5.74, 6) is 0.0583. The summed E-state index contributed by atoms with van der Waals surface area (Å²) in [5.41, 5.74) is 0.913. The van der Waals surface area contributed by atoms with Crippen molar-refractivity contribution in [1.82, 2.24) is 25.3 Å². The zero-order valence-electron chi connectivity index (χ0n) is 13.7. The van der Waals surface area contributed by atoms with E-state index in [0.29, 0.717) is 12.1 Å². The third kappa shape index (κ3) is 4.38. The van der Waals surface area contributed by atoms with Crippen LogP contribution in [0.25, 0.3) is 0 Å². The average molecular weight is 364 g/mol. The minimum Gasteiger partial charge on any atom is -0.350 e. The van der Waals surface area contributed by atoms with E-state index < -0.39 is 0 Å². The zero-order chi connectivity index (χ0) is 14.8. The van der Waals surface area contributed by atoms with Crippen molar-refractivity contribution < 1.29 is 4.79 Å². The maximum Gasteiger partial charge on any atom is 0.242 e. The highest BCUT2D eigenvalue weighted by Crippen LogP contribution is 2.27. The summed E-state index contributed by atoms with van der Waals surface area (Å²) in [5, 5.41) is 10.5. The molecule has 3 rings (SSSR count). The molecule has 0 radical (unpaired) electrons. The standard InChI is InChI=1S/C15H25N5O.2ClH/c1-16-14(11-9-17-19(2)10-11)15(21)18-12-6-8-20-7-4-3-5-13(12)20;;/h9-10,12-14,16H,3-8H2,1-2H3,(H,18,21);2*1H. The van der Waals surface area contributed by atoms with Gasteiger partial charge in [0.05, 0.1) is 6.20 Å². The molecular formula is C15H27Cl2N5O. The lowest BCUT2D eigenvalue weighted by Crippen LogP contribution is -2.49. The molecule has 8 heteroatoms. The molecule has 132 valence electrons. The van der Waals surface area contributed by atoms with Crippen LogP contribution in [0, 0.1) is 0 Å². The Hall–Kier alpha value is -0.820. The first kappa shape index (κ1) is 20.2. The van der Waals surface area contributed by atoms with Crippen LogP contribution in [-0.4, -0.2) is 52.8 Å². The summed E-state index contributed by atoms with van der Waals surface area (Å²) < 4.78 is 1.73. The van der Waals surface area contributed by atoms with Crippen LogP contribution in [0.5, 0.6) is 0 Å². The molecule has 0 aromatic carbocycles. The summed E-state index contributed by atoms with van der Waals surface area (Å²) in [6.07, 6.45) is 8.50. The molecule has 0 aliphatic carbocycles. The number of halogens is 2. The van der Waals surface area contributed by atoms with Crippen molar-refractivity contribution in [3.63, 3.8) is 0 Å². The lowest BCUT2D eigenvalue weighted by Gasteiger charge is -2.33. The minimum absolute atomic E-state index is 0. The molecule has 3 heterocycles. The van der Waals surface area contributed by atoms with Gasteiger partial charge in [-0.25, -0.2) is 0 Å². The van der Waals surface area contributed by atoms with E-state index in [2.05, 4.69) is 20.6 Å². The predicted octanol–water partition coefficient (Wildman–Crippen LogP) is 1.27. The Balaban J connectivity index is 0.00000132. The Morgan fingerprint density at radius 3 is 2.74 bits per heavy atom. The van der Waals surface area contributed by atoms with Crippen LogP contribution < -0.4 is 10.6 Å². The van der Waals surface area contributed by atoms with Crippen molar-refractivity contribution in [1.29, 1.82) is 0 Å². The topological polar surface area (TPSA) is 62.2 Å². The number of likely N-dealkylation sites (N-methyl/N-ethyl adjacent to an activating group) is 1. The third-order valence-corrected chi connectivity index (χ3v) is 4.79. The molecule has 1 aromatic heterocycles. The normalized spacial score (nSPS) is 25.0. The fourth-order valence-electron chi connectivity index (χ4n) is 3.72. The quantitative estimate of drug-likeness (QED) is 0.845. The van der Waals surface area contributed by atoms with Crippen molar-refractivity contribution in [2.75, 3.05) is 20.1 Å². The summed E-state index contributed by atoms with van der Waals surface area (Å²) in [6, 6.07) is 0.510. The summed E-state index contributed by atoms with van der Waals surface area (Å²) in [4.78, 5) is 15.1. The van der Waals surface area contributed by atoms with Crippen molar-refractivity contribution in [3.8, 4) is 0 Å². The van der Waals surface area contributed by atoms with E-state index in [-0.39, 0.29) is 36.8 Å². The van der Waals surface area contributed by atoms with Gasteiger partial charge in [-0.1, -0.05) is 6.42 Å². The number of rotatable bonds is 4. The Morgan fingerprint density at radius 2 is 2.09 bits per heavy atom. The molecule has 2 N–H and O–H groups in total. The predicted molar refractivity (Wildman–Crippen MR) is 95.3 cm³/mol. The van der Waals surface area contributed by atoms with E-state index in [1.165, 1.54) is 25.8 Å². The molecule has 2 aliphatic heterocycles. The van der Waals surface area contributed by atoms with Gasteiger partial charge in [0.1, 0.15) is 6.04 Å². The minimum atomic E-state index is -0.323. The van der Waals surface area contributed by atoms with Crippen LogP contribution in [0.2, 0.25) is 0 Å². The lowest BCUT2D eigenvalue weighted by atomic mass is 9.98. The molecule has 3 unspecified atom stereocenters. The van der Waals surface area contributed by atoms with Crippen LogP contribution >= 0.6 is 24.8 Å². The highest BCUT2D eigenvalue weighted by Gasteiger charge is 2.37. The molecule has 0 saturated carbocycles. The zero-order valence-corrected chi connectivity index (χ0v) is 15.3. The molecule has 2 aliphatic rings. The summed E-state index contributed by atoms with van der Waals surface area (Å²) >= 11 is 0. The second-order valence-corrected chi connectivity index (χ2v) is 6.17. The van der Waals surface area contributed by atoms with Gasteiger partial charge in [-0.3, -0.25) is 14.4 Å². The fraction of sp³-hybridized carbons (Fsp3) is 0.733. The molecule has 1 aromatic rings. The number of aryl methyl sites for hydroxylation is 1. The summed E-state index contributed by atoms with van der Waals surface area (Å²) in [7, 11) is 3.68. The first-order valence-corrected chi connectivity index (χ1v) is 7.89. The van der Waals surface area contributed by atoms with Gasteiger partial charge in [0.25, 0.3) is 0 Å². The summed E-state index contributed by atoms with van der Waals surface area (Å²) in [6.45, 7) is 2.31. The van der Waals surface area contributed by atoms with Gasteiger partial charge in [-0.2, -0.15) is 5.10 Å². The second kappa shape index (κ2) is 8.87. The SMILES string of the molecule is CNC(C(=O)NC1CCN2CCCCC12)c1cnn(C)c1.Cl.Cl. The Labute approximate surface area is 150 Å². The van der Waals surface area contributed by atoms with Gasteiger partial charge in [-0.15, -0.1) is 24.8 Å². The van der Waals surface area contributed by atoms with Gasteiger partial charge in [0.2, 0.25) is 5.91 Å². The number of carbonyl (C=O) groups is 1. The van der Waals surface area contributed by atoms with E-state index in [9.17, 15) is 4.79 Å². The maximum atomic E-state index is 12.6. The van der Waals surface area contributed by atoms with Gasteiger partial charge in [-0.05, 0) is 32.9 Å². The number of hydrogen-bond donors (Lipinski definition) is 2. The van der Waals surface area contributed by atoms with Crippen LogP contribution in [-0.2, 0) is 11.8 Å². The molecule has 0 spiro atoms. The number of piperidine rings is 1. The first-order chi connectivity index (χ1) is 10.2. The average Bonchev–Trinajstić information content (AvgIpc) is 3.07. The second-order valence-electron chi connectivity index (χ2n) is 6.17.